The van der Waals surface area contributed by atoms with Crippen LogP contribution in [0.25, 0.3) is 0 Å². The smallest absolute Gasteiger partial charge is 0.261 e. The minimum atomic E-state index is -3.77. The highest BCUT2D eigenvalue weighted by molar-refractivity contribution is 8.13. The van der Waals surface area contributed by atoms with E-state index in [2.05, 4.69) is 0 Å². The Bertz CT molecular complexity index is 669. The SMILES string of the molecule is O=S(=O)(Cl)c1cccc(OCc2ccc(F)cc2)c1. The van der Waals surface area contributed by atoms with E-state index in [0.29, 0.717) is 5.75 Å². The average Bonchev–Trinajstić information content (AvgIpc) is 2.37. The minimum Gasteiger partial charge on any atom is -0.489 e. The van der Waals surface area contributed by atoms with E-state index in [-0.39, 0.29) is 17.3 Å². The molecule has 2 rings (SSSR count). The van der Waals surface area contributed by atoms with Gasteiger partial charge in [0, 0.05) is 16.7 Å². The minimum absolute atomic E-state index is 0.0224. The van der Waals surface area contributed by atoms with Crippen LogP contribution in [-0.2, 0) is 15.7 Å². The summed E-state index contributed by atoms with van der Waals surface area (Å²) < 4.78 is 40.5. The van der Waals surface area contributed by atoms with E-state index in [4.69, 9.17) is 15.4 Å². The fraction of sp³-hybridized carbons (Fsp3) is 0.0769. The van der Waals surface area contributed by atoms with Crippen LogP contribution in [0.5, 0.6) is 5.75 Å². The van der Waals surface area contributed by atoms with Crippen molar-refractivity contribution in [2.45, 2.75) is 11.5 Å². The van der Waals surface area contributed by atoms with Crippen molar-refractivity contribution in [3.05, 3.63) is 59.9 Å². The number of ether oxygens (including phenoxy) is 1. The number of halogens is 2. The van der Waals surface area contributed by atoms with E-state index >= 15 is 0 Å². The first-order valence-electron chi connectivity index (χ1n) is 5.37. The average molecular weight is 301 g/mol. The van der Waals surface area contributed by atoms with Crippen LogP contribution >= 0.6 is 10.7 Å². The zero-order chi connectivity index (χ0) is 13.9. The first-order chi connectivity index (χ1) is 8.95. The van der Waals surface area contributed by atoms with Crippen LogP contribution in [0.15, 0.2) is 53.4 Å². The van der Waals surface area contributed by atoms with Crippen LogP contribution in [0.2, 0.25) is 0 Å². The van der Waals surface area contributed by atoms with Crippen LogP contribution in [-0.4, -0.2) is 8.42 Å². The topological polar surface area (TPSA) is 43.4 Å². The van der Waals surface area contributed by atoms with Gasteiger partial charge in [-0.2, -0.15) is 0 Å². The maximum absolute atomic E-state index is 12.7. The molecule has 0 unspecified atom stereocenters. The Morgan fingerprint density at radius 1 is 1.11 bits per heavy atom. The van der Waals surface area contributed by atoms with Gasteiger partial charge < -0.3 is 4.74 Å². The lowest BCUT2D eigenvalue weighted by Gasteiger charge is -2.07. The molecule has 2 aromatic carbocycles. The molecule has 0 aliphatic carbocycles. The molecule has 0 saturated heterocycles. The van der Waals surface area contributed by atoms with Gasteiger partial charge in [0.2, 0.25) is 0 Å². The molecule has 0 aliphatic rings. The lowest BCUT2D eigenvalue weighted by Crippen LogP contribution is -1.97. The van der Waals surface area contributed by atoms with Gasteiger partial charge >= 0.3 is 0 Å². The highest BCUT2D eigenvalue weighted by Gasteiger charge is 2.10. The Labute approximate surface area is 115 Å². The van der Waals surface area contributed by atoms with E-state index in [9.17, 15) is 12.8 Å². The summed E-state index contributed by atoms with van der Waals surface area (Å²) in [7, 11) is 1.47. The fourth-order valence-corrected chi connectivity index (χ4v) is 2.25. The lowest BCUT2D eigenvalue weighted by molar-refractivity contribution is 0.305. The van der Waals surface area contributed by atoms with Gasteiger partial charge in [0.1, 0.15) is 18.2 Å². The number of hydrogen-bond acceptors (Lipinski definition) is 3. The Balaban J connectivity index is 2.10. The summed E-state index contributed by atoms with van der Waals surface area (Å²) >= 11 is 0. The van der Waals surface area contributed by atoms with Gasteiger partial charge in [0.15, 0.2) is 0 Å². The third-order valence-corrected chi connectivity index (χ3v) is 3.76. The Morgan fingerprint density at radius 3 is 2.42 bits per heavy atom. The Kier molecular flexibility index (Phi) is 4.07. The van der Waals surface area contributed by atoms with Crippen LogP contribution < -0.4 is 4.74 Å². The molecule has 2 aromatic rings. The zero-order valence-corrected chi connectivity index (χ0v) is 11.3. The molecular weight excluding hydrogens is 291 g/mol. The number of hydrogen-bond donors (Lipinski definition) is 0. The molecule has 3 nitrogen and oxygen atoms in total. The standard InChI is InChI=1S/C13H10ClFO3S/c14-19(16,17)13-3-1-2-12(8-13)18-9-10-4-6-11(15)7-5-10/h1-8H,9H2. The van der Waals surface area contributed by atoms with E-state index in [1.54, 1.807) is 18.2 Å². The molecule has 19 heavy (non-hydrogen) atoms. The summed E-state index contributed by atoms with van der Waals surface area (Å²) in [6, 6.07) is 11.7. The monoisotopic (exact) mass is 300 g/mol. The van der Waals surface area contributed by atoms with Crippen molar-refractivity contribution in [3.8, 4) is 5.75 Å². The predicted molar refractivity (Wildman–Crippen MR) is 70.2 cm³/mol. The predicted octanol–water partition coefficient (Wildman–Crippen LogP) is 3.33. The third-order valence-electron chi connectivity index (χ3n) is 2.41. The summed E-state index contributed by atoms with van der Waals surface area (Å²) in [5.41, 5.74) is 0.778. The van der Waals surface area contributed by atoms with E-state index in [1.165, 1.54) is 30.3 Å². The third kappa shape index (κ3) is 3.94. The summed E-state index contributed by atoms with van der Waals surface area (Å²) in [5, 5.41) is 0. The molecule has 0 saturated carbocycles. The van der Waals surface area contributed by atoms with Gasteiger partial charge in [-0.25, -0.2) is 12.8 Å². The van der Waals surface area contributed by atoms with E-state index < -0.39 is 9.05 Å². The number of benzene rings is 2. The molecule has 0 aromatic heterocycles. The van der Waals surface area contributed by atoms with E-state index in [1.807, 2.05) is 0 Å². The van der Waals surface area contributed by atoms with Crippen molar-refractivity contribution in [3.63, 3.8) is 0 Å². The summed E-state index contributed by atoms with van der Waals surface area (Å²) in [6.07, 6.45) is 0. The summed E-state index contributed by atoms with van der Waals surface area (Å²) in [6.45, 7) is 0.214. The zero-order valence-electron chi connectivity index (χ0n) is 9.71. The molecule has 0 bridgehead atoms. The van der Waals surface area contributed by atoms with Crippen LogP contribution in [0.3, 0.4) is 0 Å². The van der Waals surface area contributed by atoms with Gasteiger partial charge in [-0.05, 0) is 29.8 Å². The van der Waals surface area contributed by atoms with Crippen LogP contribution in [0.1, 0.15) is 5.56 Å². The molecule has 0 heterocycles. The second-order valence-corrected chi connectivity index (χ2v) is 6.39. The van der Waals surface area contributed by atoms with Crippen molar-refractivity contribution >= 4 is 19.7 Å². The quantitative estimate of drug-likeness (QED) is 0.814. The van der Waals surface area contributed by atoms with Gasteiger partial charge in [0.05, 0.1) is 4.90 Å². The molecule has 0 fully saturated rings. The lowest BCUT2D eigenvalue weighted by atomic mass is 10.2. The molecule has 6 heteroatoms. The van der Waals surface area contributed by atoms with Gasteiger partial charge in [-0.3, -0.25) is 0 Å². The molecule has 100 valence electrons. The maximum atomic E-state index is 12.7. The Hall–Kier alpha value is -1.59. The van der Waals surface area contributed by atoms with Crippen LogP contribution in [0, 0.1) is 5.82 Å². The van der Waals surface area contributed by atoms with Crippen molar-refractivity contribution in [2.75, 3.05) is 0 Å². The molecule has 0 N–H and O–H groups in total. The first kappa shape index (κ1) is 13.8. The van der Waals surface area contributed by atoms with Gasteiger partial charge in [-0.1, -0.05) is 18.2 Å². The first-order valence-corrected chi connectivity index (χ1v) is 7.68. The molecule has 0 spiro atoms. The van der Waals surface area contributed by atoms with Gasteiger partial charge in [0.25, 0.3) is 9.05 Å². The fourth-order valence-electron chi connectivity index (χ4n) is 1.46. The van der Waals surface area contributed by atoms with Crippen molar-refractivity contribution in [2.24, 2.45) is 0 Å². The molecule has 0 aliphatic heterocycles. The van der Waals surface area contributed by atoms with E-state index in [0.717, 1.165) is 5.56 Å². The molecular formula is C13H10ClFO3S. The number of rotatable bonds is 4. The molecule has 0 radical (unpaired) electrons. The maximum Gasteiger partial charge on any atom is 0.261 e. The Morgan fingerprint density at radius 2 is 1.79 bits per heavy atom. The molecule has 0 amide bonds. The highest BCUT2D eigenvalue weighted by Crippen LogP contribution is 2.21. The summed E-state index contributed by atoms with van der Waals surface area (Å²) in [4.78, 5) is -0.0224. The second kappa shape index (κ2) is 5.59. The normalized spacial score (nSPS) is 11.3. The van der Waals surface area contributed by atoms with Gasteiger partial charge in [-0.15, -0.1) is 0 Å². The second-order valence-electron chi connectivity index (χ2n) is 3.83. The van der Waals surface area contributed by atoms with Crippen molar-refractivity contribution < 1.29 is 17.5 Å². The largest absolute Gasteiger partial charge is 0.489 e. The summed E-state index contributed by atoms with van der Waals surface area (Å²) in [5.74, 6) is 0.0602. The highest BCUT2D eigenvalue weighted by atomic mass is 35.7. The van der Waals surface area contributed by atoms with Crippen molar-refractivity contribution in [1.29, 1.82) is 0 Å². The van der Waals surface area contributed by atoms with Crippen LogP contribution in [0.4, 0.5) is 4.39 Å². The van der Waals surface area contributed by atoms with Crippen molar-refractivity contribution in [1.82, 2.24) is 0 Å². The molecule has 0 atom stereocenters.